The van der Waals surface area contributed by atoms with E-state index in [-0.39, 0.29) is 12.1 Å². The molecule has 0 aliphatic heterocycles. The smallest absolute Gasteiger partial charge is 0.322 e. The van der Waals surface area contributed by atoms with Crippen LogP contribution in [0.3, 0.4) is 0 Å². The van der Waals surface area contributed by atoms with Crippen molar-refractivity contribution in [2.75, 3.05) is 19.0 Å². The van der Waals surface area contributed by atoms with Gasteiger partial charge in [-0.05, 0) is 26.8 Å². The van der Waals surface area contributed by atoms with Gasteiger partial charge in [-0.3, -0.25) is 5.32 Å². The van der Waals surface area contributed by atoms with E-state index in [9.17, 15) is 0 Å². The van der Waals surface area contributed by atoms with Crippen LogP contribution in [-0.2, 0) is 0 Å². The minimum atomic E-state index is 0.000893. The topological polar surface area (TPSA) is 98.0 Å². The fraction of sp³-hybridized carbons (Fsp3) is 0.538. The summed E-state index contributed by atoms with van der Waals surface area (Å²) in [6.45, 7) is 6.82. The lowest BCUT2D eigenvalue weighted by Gasteiger charge is -2.07. The Hall–Kier alpha value is -2.22. The van der Waals surface area contributed by atoms with Gasteiger partial charge in [0.05, 0.1) is 13.2 Å². The van der Waals surface area contributed by atoms with Crippen molar-refractivity contribution in [2.45, 2.75) is 33.2 Å². The Morgan fingerprint density at radius 3 is 2.86 bits per heavy atom. The van der Waals surface area contributed by atoms with Crippen LogP contribution in [0.25, 0.3) is 0 Å². The second-order valence-corrected chi connectivity index (χ2v) is 4.62. The molecule has 0 aliphatic rings. The van der Waals surface area contributed by atoms with Gasteiger partial charge in [0.15, 0.2) is 0 Å². The highest BCUT2D eigenvalue weighted by Crippen LogP contribution is 2.18. The number of aromatic nitrogens is 4. The summed E-state index contributed by atoms with van der Waals surface area (Å²) in [6.07, 6.45) is 1.04. The average molecular weight is 292 g/mol. The zero-order valence-corrected chi connectivity index (χ0v) is 12.7. The molecular formula is C13H20N6O2. The first-order valence-electron chi connectivity index (χ1n) is 6.85. The monoisotopic (exact) mass is 292 g/mol. The minimum Gasteiger partial charge on any atom is -0.481 e. The van der Waals surface area contributed by atoms with E-state index >= 15 is 0 Å². The number of nitrogens with zero attached hydrogens (tertiary/aromatic N) is 4. The van der Waals surface area contributed by atoms with E-state index < -0.39 is 0 Å². The van der Waals surface area contributed by atoms with Gasteiger partial charge in [-0.25, -0.2) is 4.98 Å². The van der Waals surface area contributed by atoms with Crippen molar-refractivity contribution in [3.8, 4) is 5.88 Å². The summed E-state index contributed by atoms with van der Waals surface area (Å²) in [4.78, 5) is 8.40. The number of aryl methyl sites for hydroxylation is 1. The van der Waals surface area contributed by atoms with E-state index in [0.29, 0.717) is 17.7 Å². The summed E-state index contributed by atoms with van der Waals surface area (Å²) in [7, 11) is 1.55. The number of rotatable bonds is 7. The first-order valence-corrected chi connectivity index (χ1v) is 6.85. The standard InChI is InChI=1S/C13H20N6O2/c1-5-6-14-9(3)11-18-19-13(21-11)17-12-15-8(2)7-10(16-12)20-4/h7,9,14H,5-6H2,1-4H3,(H,15,16,17,19). The van der Waals surface area contributed by atoms with Gasteiger partial charge in [0.2, 0.25) is 17.7 Å². The molecule has 8 heteroatoms. The lowest BCUT2D eigenvalue weighted by Crippen LogP contribution is -2.19. The van der Waals surface area contributed by atoms with Crippen LogP contribution in [0.4, 0.5) is 12.0 Å². The fourth-order valence-corrected chi connectivity index (χ4v) is 1.70. The van der Waals surface area contributed by atoms with Gasteiger partial charge in [-0.1, -0.05) is 12.0 Å². The molecule has 0 aliphatic carbocycles. The van der Waals surface area contributed by atoms with Gasteiger partial charge in [0.25, 0.3) is 0 Å². The van der Waals surface area contributed by atoms with Crippen molar-refractivity contribution in [1.82, 2.24) is 25.5 Å². The van der Waals surface area contributed by atoms with Crippen molar-refractivity contribution in [3.05, 3.63) is 17.7 Å². The van der Waals surface area contributed by atoms with Crippen molar-refractivity contribution < 1.29 is 9.15 Å². The number of hydrogen-bond donors (Lipinski definition) is 2. The number of nitrogens with one attached hydrogen (secondary N) is 2. The Balaban J connectivity index is 2.07. The number of anilines is 2. The lowest BCUT2D eigenvalue weighted by molar-refractivity contribution is 0.396. The van der Waals surface area contributed by atoms with Crippen molar-refractivity contribution in [3.63, 3.8) is 0 Å². The van der Waals surface area contributed by atoms with Gasteiger partial charge < -0.3 is 14.5 Å². The van der Waals surface area contributed by atoms with Gasteiger partial charge in [0.1, 0.15) is 0 Å². The first-order chi connectivity index (χ1) is 10.1. The summed E-state index contributed by atoms with van der Waals surface area (Å²) >= 11 is 0. The van der Waals surface area contributed by atoms with Crippen LogP contribution >= 0.6 is 0 Å². The molecule has 1 atom stereocenters. The number of ether oxygens (including phenoxy) is 1. The molecule has 1 unspecified atom stereocenters. The number of methoxy groups -OCH3 is 1. The van der Waals surface area contributed by atoms with Crippen LogP contribution in [0.1, 0.15) is 37.9 Å². The molecule has 2 heterocycles. The molecule has 2 aromatic rings. The van der Waals surface area contributed by atoms with Crippen LogP contribution in [0, 0.1) is 6.92 Å². The van der Waals surface area contributed by atoms with Crippen LogP contribution in [0.5, 0.6) is 5.88 Å². The predicted octanol–water partition coefficient (Wildman–Crippen LogP) is 1.98. The molecule has 2 rings (SSSR count). The Kier molecular flexibility index (Phi) is 5.04. The predicted molar refractivity (Wildman–Crippen MR) is 77.6 cm³/mol. The van der Waals surface area contributed by atoms with Gasteiger partial charge in [-0.15, -0.1) is 5.10 Å². The first kappa shape index (κ1) is 15.2. The molecule has 0 saturated heterocycles. The molecule has 0 spiro atoms. The third-order valence-electron chi connectivity index (χ3n) is 2.77. The Labute approximate surface area is 123 Å². The third-order valence-corrected chi connectivity index (χ3v) is 2.77. The average Bonchev–Trinajstić information content (AvgIpc) is 2.92. The van der Waals surface area contributed by atoms with E-state index in [0.717, 1.165) is 18.7 Å². The lowest BCUT2D eigenvalue weighted by atomic mass is 10.3. The van der Waals surface area contributed by atoms with Crippen LogP contribution < -0.4 is 15.4 Å². The van der Waals surface area contributed by atoms with Gasteiger partial charge in [-0.2, -0.15) is 4.98 Å². The second-order valence-electron chi connectivity index (χ2n) is 4.62. The normalized spacial score (nSPS) is 12.2. The molecule has 0 bridgehead atoms. The Bertz CT molecular complexity index is 586. The molecule has 0 aromatic carbocycles. The van der Waals surface area contributed by atoms with Crippen LogP contribution in [0.15, 0.2) is 10.5 Å². The molecule has 0 fully saturated rings. The van der Waals surface area contributed by atoms with Gasteiger partial charge in [0, 0.05) is 11.8 Å². The molecular weight excluding hydrogens is 272 g/mol. The van der Waals surface area contributed by atoms with Gasteiger partial charge >= 0.3 is 6.01 Å². The SMILES string of the molecule is CCCNC(C)c1nnc(Nc2nc(C)cc(OC)n2)o1. The van der Waals surface area contributed by atoms with E-state index in [1.807, 2.05) is 13.8 Å². The zero-order valence-electron chi connectivity index (χ0n) is 12.7. The second kappa shape index (κ2) is 6.98. The summed E-state index contributed by atoms with van der Waals surface area (Å²) < 4.78 is 10.6. The summed E-state index contributed by atoms with van der Waals surface area (Å²) in [5.74, 6) is 1.35. The summed E-state index contributed by atoms with van der Waals surface area (Å²) in [5.41, 5.74) is 0.780. The maximum absolute atomic E-state index is 5.54. The minimum absolute atomic E-state index is 0.000893. The van der Waals surface area contributed by atoms with E-state index in [1.54, 1.807) is 13.2 Å². The summed E-state index contributed by atoms with van der Waals surface area (Å²) in [6, 6.07) is 1.99. The fourth-order valence-electron chi connectivity index (χ4n) is 1.70. The zero-order chi connectivity index (χ0) is 15.2. The molecule has 8 nitrogen and oxygen atoms in total. The molecule has 0 amide bonds. The molecule has 2 aromatic heterocycles. The highest BCUT2D eigenvalue weighted by molar-refractivity contribution is 5.41. The summed E-state index contributed by atoms with van der Waals surface area (Å²) in [5, 5.41) is 14.1. The highest BCUT2D eigenvalue weighted by Gasteiger charge is 2.14. The van der Waals surface area contributed by atoms with Crippen LogP contribution in [-0.4, -0.2) is 33.8 Å². The maximum Gasteiger partial charge on any atom is 0.322 e. The number of hydrogen-bond acceptors (Lipinski definition) is 8. The quantitative estimate of drug-likeness (QED) is 0.799. The molecule has 0 radical (unpaired) electrons. The van der Waals surface area contributed by atoms with Crippen molar-refractivity contribution in [1.29, 1.82) is 0 Å². The maximum atomic E-state index is 5.54. The van der Waals surface area contributed by atoms with Crippen molar-refractivity contribution >= 4 is 12.0 Å². The third kappa shape index (κ3) is 4.12. The highest BCUT2D eigenvalue weighted by atomic mass is 16.5. The Morgan fingerprint density at radius 1 is 1.33 bits per heavy atom. The van der Waals surface area contributed by atoms with E-state index in [1.165, 1.54) is 0 Å². The van der Waals surface area contributed by atoms with E-state index in [2.05, 4.69) is 37.7 Å². The largest absolute Gasteiger partial charge is 0.481 e. The molecule has 21 heavy (non-hydrogen) atoms. The molecule has 114 valence electrons. The van der Waals surface area contributed by atoms with Crippen LogP contribution in [0.2, 0.25) is 0 Å². The molecule has 0 saturated carbocycles. The Morgan fingerprint density at radius 2 is 2.14 bits per heavy atom. The van der Waals surface area contributed by atoms with E-state index in [4.69, 9.17) is 9.15 Å². The molecule has 2 N–H and O–H groups in total. The van der Waals surface area contributed by atoms with Crippen molar-refractivity contribution in [2.24, 2.45) is 0 Å².